The summed E-state index contributed by atoms with van der Waals surface area (Å²) in [6.07, 6.45) is 5.74. The van der Waals surface area contributed by atoms with Gasteiger partial charge in [-0.25, -0.2) is 9.98 Å². The van der Waals surface area contributed by atoms with Crippen LogP contribution in [0, 0.1) is 11.3 Å². The van der Waals surface area contributed by atoms with E-state index in [0.717, 1.165) is 60.6 Å². The van der Waals surface area contributed by atoms with Crippen LogP contribution in [-0.2, 0) is 13.1 Å². The number of rotatable bonds is 8. The molecule has 0 atom stereocenters. The van der Waals surface area contributed by atoms with Crippen molar-refractivity contribution in [1.29, 1.82) is 5.41 Å². The second kappa shape index (κ2) is 10.5. The van der Waals surface area contributed by atoms with Gasteiger partial charge in [-0.3, -0.25) is 10.3 Å². The molecule has 0 spiro atoms. The Morgan fingerprint density at radius 2 is 2.00 bits per heavy atom. The Morgan fingerprint density at radius 1 is 1.21 bits per heavy atom. The summed E-state index contributed by atoms with van der Waals surface area (Å²) in [5, 5.41) is 11.2. The van der Waals surface area contributed by atoms with Crippen molar-refractivity contribution in [2.24, 2.45) is 10.9 Å². The number of aromatic nitrogens is 2. The van der Waals surface area contributed by atoms with Crippen molar-refractivity contribution >= 4 is 11.7 Å². The van der Waals surface area contributed by atoms with Crippen LogP contribution in [0.15, 0.2) is 59.7 Å². The van der Waals surface area contributed by atoms with E-state index < -0.39 is 0 Å². The molecule has 39 heavy (non-hydrogen) atoms. The van der Waals surface area contributed by atoms with E-state index in [1.807, 2.05) is 12.3 Å². The van der Waals surface area contributed by atoms with E-state index in [1.165, 1.54) is 18.4 Å². The van der Waals surface area contributed by atoms with Gasteiger partial charge in [-0.1, -0.05) is 43.2 Å². The van der Waals surface area contributed by atoms with Crippen LogP contribution in [0.4, 0.5) is 0 Å². The van der Waals surface area contributed by atoms with Gasteiger partial charge in [0.1, 0.15) is 41.1 Å². The topological polar surface area (TPSA) is 87.8 Å². The Hall–Kier alpha value is -3.65. The minimum atomic E-state index is -0.140. The van der Waals surface area contributed by atoms with Crippen molar-refractivity contribution < 1.29 is 9.47 Å². The van der Waals surface area contributed by atoms with E-state index in [0.29, 0.717) is 19.0 Å². The number of nitrogens with zero attached hydrogens (tertiary/aromatic N) is 4. The lowest BCUT2D eigenvalue weighted by molar-refractivity contribution is -0.0897. The minimum Gasteiger partial charge on any atom is -0.491 e. The number of likely N-dealkylation sites (tertiary alicyclic amines) is 1. The highest BCUT2D eigenvalue weighted by molar-refractivity contribution is 6.04. The summed E-state index contributed by atoms with van der Waals surface area (Å²) in [6.45, 7) is 9.87. The van der Waals surface area contributed by atoms with E-state index in [4.69, 9.17) is 19.9 Å². The number of benzene rings is 2. The molecule has 0 bridgehead atoms. The molecule has 204 valence electrons. The summed E-state index contributed by atoms with van der Waals surface area (Å²) in [7, 11) is 0. The van der Waals surface area contributed by atoms with Gasteiger partial charge in [0.15, 0.2) is 5.84 Å². The molecule has 8 heteroatoms. The van der Waals surface area contributed by atoms with Gasteiger partial charge in [0.05, 0.1) is 12.1 Å². The minimum absolute atomic E-state index is 0.140. The third-order valence-electron chi connectivity index (χ3n) is 7.47. The summed E-state index contributed by atoms with van der Waals surface area (Å²) in [5.41, 5.74) is 2.88. The van der Waals surface area contributed by atoms with E-state index in [1.54, 1.807) is 6.92 Å². The quantitative estimate of drug-likeness (QED) is 0.314. The Kier molecular flexibility index (Phi) is 6.89. The first-order valence-electron chi connectivity index (χ1n) is 14.1. The van der Waals surface area contributed by atoms with E-state index >= 15 is 0 Å². The first-order valence-corrected chi connectivity index (χ1v) is 14.1. The zero-order chi connectivity index (χ0) is 27.0. The van der Waals surface area contributed by atoms with Crippen LogP contribution in [-0.4, -0.2) is 57.5 Å². The normalized spacial score (nSPS) is 18.4. The maximum Gasteiger partial charge on any atom is 0.155 e. The number of nitrogens with one attached hydrogen (secondary N) is 2. The lowest BCUT2D eigenvalue weighted by Crippen LogP contribution is -2.64. The number of aliphatic imine (C=N–C) groups is 1. The van der Waals surface area contributed by atoms with E-state index in [-0.39, 0.29) is 17.5 Å². The monoisotopic (exact) mass is 526 g/mol. The van der Waals surface area contributed by atoms with Crippen LogP contribution >= 0.6 is 0 Å². The highest BCUT2D eigenvalue weighted by Crippen LogP contribution is 2.44. The number of ether oxygens (including phenoxy) is 2. The number of hydrogen-bond acceptors (Lipinski definition) is 5. The second-order valence-corrected chi connectivity index (χ2v) is 11.6. The lowest BCUT2D eigenvalue weighted by Gasteiger charge is -2.50. The molecule has 3 heterocycles. The summed E-state index contributed by atoms with van der Waals surface area (Å²) in [5.74, 6) is 4.14. The smallest absolute Gasteiger partial charge is 0.155 e. The van der Waals surface area contributed by atoms with Crippen molar-refractivity contribution in [2.75, 3.05) is 19.7 Å². The fourth-order valence-corrected chi connectivity index (χ4v) is 5.70. The third-order valence-corrected chi connectivity index (χ3v) is 7.47. The van der Waals surface area contributed by atoms with Crippen LogP contribution in [0.5, 0.6) is 11.5 Å². The predicted molar refractivity (Wildman–Crippen MR) is 154 cm³/mol. The zero-order valence-corrected chi connectivity index (χ0v) is 23.1. The first-order chi connectivity index (χ1) is 18.9. The molecule has 1 aliphatic carbocycles. The molecule has 1 saturated heterocycles. The van der Waals surface area contributed by atoms with Crippen molar-refractivity contribution in [2.45, 2.75) is 64.8 Å². The maximum atomic E-state index is 7.86. The van der Waals surface area contributed by atoms with Crippen LogP contribution < -0.4 is 14.8 Å². The summed E-state index contributed by atoms with van der Waals surface area (Å²) in [4.78, 5) is 11.8. The van der Waals surface area contributed by atoms with Crippen molar-refractivity contribution in [3.8, 4) is 22.9 Å². The molecular formula is C31H38N6O2. The van der Waals surface area contributed by atoms with Crippen LogP contribution in [0.3, 0.4) is 0 Å². The highest BCUT2D eigenvalue weighted by atomic mass is 16.5. The molecule has 2 aliphatic heterocycles. The predicted octanol–water partition coefficient (Wildman–Crippen LogP) is 5.12. The average Bonchev–Trinajstić information content (AvgIpc) is 3.62. The van der Waals surface area contributed by atoms with Crippen molar-refractivity contribution in [3.05, 3.63) is 66.0 Å². The van der Waals surface area contributed by atoms with Gasteiger partial charge >= 0.3 is 0 Å². The Bertz CT molecular complexity index is 1370. The van der Waals surface area contributed by atoms with Gasteiger partial charge in [0, 0.05) is 37.9 Å². The van der Waals surface area contributed by atoms with E-state index in [9.17, 15) is 0 Å². The maximum absolute atomic E-state index is 7.86. The molecule has 3 aromatic rings. The number of fused-ring (bicyclic) bond motifs is 3. The highest BCUT2D eigenvalue weighted by Gasteiger charge is 2.48. The molecule has 2 aromatic carbocycles. The molecule has 1 aromatic heterocycles. The molecule has 1 saturated carbocycles. The van der Waals surface area contributed by atoms with Crippen LogP contribution in [0.1, 0.15) is 51.3 Å². The fraction of sp³-hybridized carbons (Fsp3) is 0.452. The Morgan fingerprint density at radius 3 is 2.72 bits per heavy atom. The molecular weight excluding hydrogens is 488 g/mol. The third kappa shape index (κ3) is 5.86. The molecule has 0 unspecified atom stereocenters. The molecule has 0 amide bonds. The number of hydrogen-bond donors (Lipinski definition) is 2. The number of imidazole rings is 1. The van der Waals surface area contributed by atoms with E-state index in [2.05, 4.69) is 76.1 Å². The molecule has 6 rings (SSSR count). The molecule has 0 radical (unpaired) electrons. The zero-order valence-electron chi connectivity index (χ0n) is 23.1. The van der Waals surface area contributed by atoms with Gasteiger partial charge < -0.3 is 19.4 Å². The largest absolute Gasteiger partial charge is 0.491 e. The summed E-state index contributed by atoms with van der Waals surface area (Å²) in [6, 6.07) is 17.0. The Balaban J connectivity index is 1.22. The molecule has 8 nitrogen and oxygen atoms in total. The van der Waals surface area contributed by atoms with Gasteiger partial charge in [-0.05, 0) is 50.8 Å². The molecule has 3 aliphatic rings. The van der Waals surface area contributed by atoms with Crippen molar-refractivity contribution in [3.63, 3.8) is 0 Å². The Labute approximate surface area is 230 Å². The standard InChI is InChI=1S/C31H38N6O2/c1-21(2)33-29(34-22(3)32)27-18-37-13-14-38-28-15-25(11-12-26(28)30(37)35-27)39-31(16-23-9-10-23)19-36(20-31)17-24-7-5-4-6-8-24/h4-8,11-12,15,18,21,23H,9-10,13-14,16-17,19-20H2,1-3H3,(H2,32,33,34). The van der Waals surface area contributed by atoms with Crippen LogP contribution in [0.2, 0.25) is 0 Å². The molecule has 2 fully saturated rings. The first kappa shape index (κ1) is 25.6. The van der Waals surface area contributed by atoms with Gasteiger partial charge in [-0.15, -0.1) is 0 Å². The van der Waals surface area contributed by atoms with Crippen LogP contribution in [0.25, 0.3) is 11.4 Å². The van der Waals surface area contributed by atoms with Gasteiger partial charge in [-0.2, -0.15) is 0 Å². The molecule has 2 N–H and O–H groups in total. The second-order valence-electron chi connectivity index (χ2n) is 11.6. The lowest BCUT2D eigenvalue weighted by atomic mass is 9.87. The summed E-state index contributed by atoms with van der Waals surface area (Å²) < 4.78 is 15.1. The fourth-order valence-electron chi connectivity index (χ4n) is 5.70. The van der Waals surface area contributed by atoms with Gasteiger partial charge in [0.2, 0.25) is 0 Å². The van der Waals surface area contributed by atoms with Gasteiger partial charge in [0.25, 0.3) is 0 Å². The number of amidine groups is 2. The average molecular weight is 527 g/mol. The summed E-state index contributed by atoms with van der Waals surface area (Å²) >= 11 is 0. The SMILES string of the molecule is CC(=N)/N=C(\NC(C)C)c1cn2c(n1)-c1ccc(OC3(CC4CC4)CN(Cc4ccccc4)C3)cc1OCC2. The van der Waals surface area contributed by atoms with Crippen molar-refractivity contribution in [1.82, 2.24) is 19.8 Å².